The van der Waals surface area contributed by atoms with Crippen molar-refractivity contribution in [2.45, 2.75) is 32.4 Å². The topological polar surface area (TPSA) is 46.8 Å². The lowest BCUT2D eigenvalue weighted by atomic mass is 10.1. The Morgan fingerprint density at radius 3 is 2.91 bits per heavy atom. The minimum absolute atomic E-state index is 0.404. The predicted octanol–water partition coefficient (Wildman–Crippen LogP) is 3.37. The number of hydrogen-bond donors (Lipinski definition) is 0. The summed E-state index contributed by atoms with van der Waals surface area (Å²) in [6.07, 6.45) is 4.02. The molecule has 2 aromatic heterocycles. The summed E-state index contributed by atoms with van der Waals surface area (Å²) in [5.41, 5.74) is 2.26. The average molecular weight is 325 g/mol. The van der Waals surface area contributed by atoms with E-state index in [9.17, 15) is 0 Å². The Kier molecular flexibility index (Phi) is 3.93. The molecule has 3 aromatic rings. The van der Waals surface area contributed by atoms with Crippen molar-refractivity contribution in [3.8, 4) is 5.69 Å². The first-order chi connectivity index (χ1) is 11.3. The van der Waals surface area contributed by atoms with Gasteiger partial charge in [0, 0.05) is 5.38 Å². The van der Waals surface area contributed by atoms with Crippen LogP contribution in [-0.2, 0) is 6.54 Å². The van der Waals surface area contributed by atoms with Gasteiger partial charge >= 0.3 is 0 Å². The van der Waals surface area contributed by atoms with Gasteiger partial charge in [-0.15, -0.1) is 11.3 Å². The van der Waals surface area contributed by atoms with Gasteiger partial charge in [-0.05, 0) is 38.4 Å². The summed E-state index contributed by atoms with van der Waals surface area (Å²) in [5, 5.41) is 7.73. The van der Waals surface area contributed by atoms with E-state index < -0.39 is 0 Å². The lowest BCUT2D eigenvalue weighted by Gasteiger charge is -2.22. The molecule has 3 heterocycles. The molecule has 0 amide bonds. The van der Waals surface area contributed by atoms with E-state index >= 15 is 0 Å². The SMILES string of the molecule is Cc1nc(C2CCCN2Cc2ncnn2-c2ccccc2)cs1. The standard InChI is InChI=1S/C17H19N5S/c1-13-20-15(11-23-13)16-8-5-9-21(16)10-17-18-12-19-22(17)14-6-3-2-4-7-14/h2-4,6-7,11-12,16H,5,8-10H2,1H3. The third-order valence-corrected chi connectivity index (χ3v) is 5.10. The van der Waals surface area contributed by atoms with Crippen LogP contribution in [0.4, 0.5) is 0 Å². The molecule has 0 bridgehead atoms. The molecule has 1 aliphatic heterocycles. The van der Waals surface area contributed by atoms with Crippen LogP contribution >= 0.6 is 11.3 Å². The van der Waals surface area contributed by atoms with Crippen molar-refractivity contribution in [1.82, 2.24) is 24.6 Å². The predicted molar refractivity (Wildman–Crippen MR) is 90.6 cm³/mol. The number of likely N-dealkylation sites (tertiary alicyclic amines) is 1. The fourth-order valence-corrected chi connectivity index (χ4v) is 3.88. The van der Waals surface area contributed by atoms with Gasteiger partial charge < -0.3 is 0 Å². The summed E-state index contributed by atoms with van der Waals surface area (Å²) in [4.78, 5) is 11.6. The van der Waals surface area contributed by atoms with E-state index in [0.29, 0.717) is 6.04 Å². The van der Waals surface area contributed by atoms with Gasteiger partial charge in [-0.3, -0.25) is 4.90 Å². The maximum Gasteiger partial charge on any atom is 0.146 e. The smallest absolute Gasteiger partial charge is 0.146 e. The van der Waals surface area contributed by atoms with Crippen molar-refractivity contribution in [3.05, 3.63) is 58.6 Å². The normalized spacial score (nSPS) is 18.6. The Balaban J connectivity index is 1.58. The van der Waals surface area contributed by atoms with Crippen molar-refractivity contribution < 1.29 is 0 Å². The van der Waals surface area contributed by atoms with Gasteiger partial charge in [-0.1, -0.05) is 18.2 Å². The number of thiazole rings is 1. The van der Waals surface area contributed by atoms with Crippen molar-refractivity contribution in [1.29, 1.82) is 0 Å². The number of aryl methyl sites for hydroxylation is 1. The number of nitrogens with zero attached hydrogens (tertiary/aromatic N) is 5. The van der Waals surface area contributed by atoms with Crippen LogP contribution in [0.1, 0.15) is 35.4 Å². The first-order valence-corrected chi connectivity index (χ1v) is 8.79. The van der Waals surface area contributed by atoms with Crippen LogP contribution in [0.25, 0.3) is 5.69 Å². The molecule has 1 aliphatic rings. The van der Waals surface area contributed by atoms with Crippen LogP contribution < -0.4 is 0 Å². The Hall–Kier alpha value is -2.05. The van der Waals surface area contributed by atoms with Crippen molar-refractivity contribution >= 4 is 11.3 Å². The van der Waals surface area contributed by atoms with Crippen LogP contribution in [-0.4, -0.2) is 31.2 Å². The molecule has 1 saturated heterocycles. The van der Waals surface area contributed by atoms with Gasteiger partial charge in [0.05, 0.1) is 29.0 Å². The van der Waals surface area contributed by atoms with Crippen LogP contribution in [0.2, 0.25) is 0 Å². The van der Waals surface area contributed by atoms with Gasteiger partial charge in [-0.25, -0.2) is 14.6 Å². The fourth-order valence-electron chi connectivity index (χ4n) is 3.22. The molecule has 1 atom stereocenters. The third-order valence-electron chi connectivity index (χ3n) is 4.31. The molecule has 5 nitrogen and oxygen atoms in total. The van der Waals surface area contributed by atoms with E-state index in [4.69, 9.17) is 0 Å². The highest BCUT2D eigenvalue weighted by atomic mass is 32.1. The molecule has 118 valence electrons. The second kappa shape index (κ2) is 6.22. The minimum atomic E-state index is 0.404. The second-order valence-electron chi connectivity index (χ2n) is 5.84. The van der Waals surface area contributed by atoms with E-state index in [1.807, 2.05) is 22.9 Å². The fraction of sp³-hybridized carbons (Fsp3) is 0.353. The number of rotatable bonds is 4. The summed E-state index contributed by atoms with van der Waals surface area (Å²) in [6, 6.07) is 10.6. The van der Waals surface area contributed by atoms with Crippen molar-refractivity contribution in [2.75, 3.05) is 6.54 Å². The molecular weight excluding hydrogens is 306 g/mol. The zero-order valence-corrected chi connectivity index (χ0v) is 13.9. The van der Waals surface area contributed by atoms with Gasteiger partial charge in [0.2, 0.25) is 0 Å². The molecular formula is C17H19N5S. The van der Waals surface area contributed by atoms with Gasteiger partial charge in [-0.2, -0.15) is 5.10 Å². The molecule has 1 aromatic carbocycles. The number of para-hydroxylation sites is 1. The van der Waals surface area contributed by atoms with Crippen molar-refractivity contribution in [3.63, 3.8) is 0 Å². The van der Waals surface area contributed by atoms with Gasteiger partial charge in [0.25, 0.3) is 0 Å². The molecule has 0 spiro atoms. The molecule has 4 rings (SSSR count). The zero-order chi connectivity index (χ0) is 15.6. The highest BCUT2D eigenvalue weighted by Crippen LogP contribution is 2.33. The average Bonchev–Trinajstić information content (AvgIpc) is 3.29. The van der Waals surface area contributed by atoms with E-state index in [-0.39, 0.29) is 0 Å². The summed E-state index contributed by atoms with van der Waals surface area (Å²) in [6.45, 7) is 3.96. The molecule has 23 heavy (non-hydrogen) atoms. The quantitative estimate of drug-likeness (QED) is 0.738. The summed E-state index contributed by atoms with van der Waals surface area (Å²) in [7, 11) is 0. The molecule has 1 fully saturated rings. The molecule has 1 unspecified atom stereocenters. The Bertz CT molecular complexity index is 779. The van der Waals surface area contributed by atoms with E-state index in [2.05, 4.69) is 44.4 Å². The van der Waals surface area contributed by atoms with Crippen LogP contribution in [0.5, 0.6) is 0 Å². The van der Waals surface area contributed by atoms with Crippen molar-refractivity contribution in [2.24, 2.45) is 0 Å². The monoisotopic (exact) mass is 325 g/mol. The highest BCUT2D eigenvalue weighted by molar-refractivity contribution is 7.09. The summed E-state index contributed by atoms with van der Waals surface area (Å²) >= 11 is 1.73. The third kappa shape index (κ3) is 2.92. The molecule has 0 N–H and O–H groups in total. The maximum atomic E-state index is 4.69. The largest absolute Gasteiger partial charge is 0.287 e. The highest BCUT2D eigenvalue weighted by Gasteiger charge is 2.29. The van der Waals surface area contributed by atoms with E-state index in [1.54, 1.807) is 17.7 Å². The molecule has 0 radical (unpaired) electrons. The number of benzene rings is 1. The van der Waals surface area contributed by atoms with E-state index in [0.717, 1.165) is 29.6 Å². The van der Waals surface area contributed by atoms with Gasteiger partial charge in [0.15, 0.2) is 0 Å². The van der Waals surface area contributed by atoms with E-state index in [1.165, 1.54) is 18.5 Å². The Morgan fingerprint density at radius 2 is 2.13 bits per heavy atom. The lowest BCUT2D eigenvalue weighted by Crippen LogP contribution is -2.25. The molecule has 0 saturated carbocycles. The second-order valence-corrected chi connectivity index (χ2v) is 6.91. The summed E-state index contributed by atoms with van der Waals surface area (Å²) < 4.78 is 1.93. The van der Waals surface area contributed by atoms with Crippen LogP contribution in [0, 0.1) is 6.92 Å². The van der Waals surface area contributed by atoms with Crippen LogP contribution in [0.3, 0.4) is 0 Å². The lowest BCUT2D eigenvalue weighted by molar-refractivity contribution is 0.237. The Morgan fingerprint density at radius 1 is 1.26 bits per heavy atom. The Labute approximate surface area is 139 Å². The van der Waals surface area contributed by atoms with Crippen LogP contribution in [0.15, 0.2) is 42.0 Å². The number of aromatic nitrogens is 4. The van der Waals surface area contributed by atoms with Gasteiger partial charge in [0.1, 0.15) is 12.2 Å². The molecule has 0 aliphatic carbocycles. The first kappa shape index (κ1) is 14.5. The number of hydrogen-bond acceptors (Lipinski definition) is 5. The maximum absolute atomic E-state index is 4.69. The summed E-state index contributed by atoms with van der Waals surface area (Å²) in [5.74, 6) is 0.982. The minimum Gasteiger partial charge on any atom is -0.287 e. The first-order valence-electron chi connectivity index (χ1n) is 7.91. The zero-order valence-electron chi connectivity index (χ0n) is 13.1. The molecule has 6 heteroatoms.